The summed E-state index contributed by atoms with van der Waals surface area (Å²) in [6.45, 7) is 1.06. The predicted molar refractivity (Wildman–Crippen MR) is 48.1 cm³/mol. The molecular formula is C11H18O. The molecule has 0 aromatic rings. The average Bonchev–Trinajstić information content (AvgIpc) is 2.57. The van der Waals surface area contributed by atoms with Gasteiger partial charge in [-0.25, -0.2) is 0 Å². The maximum absolute atomic E-state index is 6.06. The Balaban J connectivity index is 2.00. The molecule has 0 radical (unpaired) electrons. The van der Waals surface area contributed by atoms with Gasteiger partial charge in [-0.2, -0.15) is 0 Å². The van der Waals surface area contributed by atoms with Crippen LogP contribution in [0.25, 0.3) is 0 Å². The lowest BCUT2D eigenvalue weighted by Gasteiger charge is -2.43. The van der Waals surface area contributed by atoms with Crippen molar-refractivity contribution in [3.8, 4) is 0 Å². The first-order valence-corrected chi connectivity index (χ1v) is 5.51. The summed E-state index contributed by atoms with van der Waals surface area (Å²) in [5.74, 6) is 0. The Bertz CT molecular complexity index is 167. The lowest BCUT2D eigenvalue weighted by molar-refractivity contribution is -0.0703. The quantitative estimate of drug-likeness (QED) is 0.537. The van der Waals surface area contributed by atoms with Crippen molar-refractivity contribution in [1.82, 2.24) is 0 Å². The van der Waals surface area contributed by atoms with E-state index >= 15 is 0 Å². The molecule has 3 fully saturated rings. The van der Waals surface area contributed by atoms with Gasteiger partial charge in [0.25, 0.3) is 0 Å². The average molecular weight is 166 g/mol. The Morgan fingerprint density at radius 3 is 2.42 bits per heavy atom. The second-order valence-electron chi connectivity index (χ2n) is 4.93. The van der Waals surface area contributed by atoms with Crippen LogP contribution in [0.1, 0.15) is 51.4 Å². The first-order chi connectivity index (χ1) is 5.87. The first-order valence-electron chi connectivity index (χ1n) is 5.51. The Kier molecular flexibility index (Phi) is 1.39. The third kappa shape index (κ3) is 0.693. The van der Waals surface area contributed by atoms with Crippen LogP contribution < -0.4 is 0 Å². The maximum Gasteiger partial charge on any atom is 0.0739 e. The molecule has 0 amide bonds. The summed E-state index contributed by atoms with van der Waals surface area (Å²) in [6.07, 6.45) is 11.3. The molecular weight excluding hydrogens is 148 g/mol. The van der Waals surface area contributed by atoms with Gasteiger partial charge >= 0.3 is 0 Å². The van der Waals surface area contributed by atoms with Crippen LogP contribution in [0.5, 0.6) is 0 Å². The van der Waals surface area contributed by atoms with E-state index in [4.69, 9.17) is 4.74 Å². The first kappa shape index (κ1) is 7.37. The van der Waals surface area contributed by atoms with Crippen molar-refractivity contribution in [2.45, 2.75) is 57.0 Å². The molecule has 3 rings (SSSR count). The van der Waals surface area contributed by atoms with Crippen LogP contribution >= 0.6 is 0 Å². The molecule has 2 saturated carbocycles. The molecule has 1 heteroatoms. The molecule has 2 aliphatic carbocycles. The minimum atomic E-state index is 0.380. The van der Waals surface area contributed by atoms with E-state index < -0.39 is 0 Å². The van der Waals surface area contributed by atoms with E-state index in [0.29, 0.717) is 11.0 Å². The molecule has 0 N–H and O–H groups in total. The molecule has 1 heterocycles. The summed E-state index contributed by atoms with van der Waals surface area (Å²) in [5.41, 5.74) is 1.04. The highest BCUT2D eigenvalue weighted by Crippen LogP contribution is 2.62. The van der Waals surface area contributed by atoms with Crippen LogP contribution in [0.3, 0.4) is 0 Å². The molecule has 1 nitrogen and oxygen atoms in total. The fourth-order valence-electron chi connectivity index (χ4n) is 4.04. The van der Waals surface area contributed by atoms with Crippen LogP contribution in [-0.2, 0) is 4.74 Å². The molecule has 3 aliphatic rings. The van der Waals surface area contributed by atoms with E-state index in [1.165, 1.54) is 51.4 Å². The fourth-order valence-corrected chi connectivity index (χ4v) is 4.04. The van der Waals surface area contributed by atoms with E-state index in [1.54, 1.807) is 0 Å². The summed E-state index contributed by atoms with van der Waals surface area (Å²) in [4.78, 5) is 0. The summed E-state index contributed by atoms with van der Waals surface area (Å²) < 4.78 is 6.06. The van der Waals surface area contributed by atoms with Crippen molar-refractivity contribution in [3.05, 3.63) is 0 Å². The zero-order valence-corrected chi connectivity index (χ0v) is 7.77. The third-order valence-corrected chi connectivity index (χ3v) is 4.65. The topological polar surface area (TPSA) is 9.23 Å². The van der Waals surface area contributed by atoms with Crippen molar-refractivity contribution in [1.29, 1.82) is 0 Å². The van der Waals surface area contributed by atoms with E-state index in [9.17, 15) is 0 Å². The largest absolute Gasteiger partial charge is 0.374 e. The highest BCUT2D eigenvalue weighted by atomic mass is 16.5. The molecule has 68 valence electrons. The zero-order chi connectivity index (χ0) is 8.07. The molecule has 2 unspecified atom stereocenters. The van der Waals surface area contributed by atoms with Gasteiger partial charge in [0.05, 0.1) is 5.60 Å². The minimum absolute atomic E-state index is 0.380. The monoisotopic (exact) mass is 166 g/mol. The lowest BCUT2D eigenvalue weighted by atomic mass is 9.65. The summed E-state index contributed by atoms with van der Waals surface area (Å²) >= 11 is 0. The van der Waals surface area contributed by atoms with Gasteiger partial charge in [-0.3, -0.25) is 0 Å². The maximum atomic E-state index is 6.06. The number of rotatable bonds is 0. The predicted octanol–water partition coefficient (Wildman–Crippen LogP) is 2.89. The third-order valence-electron chi connectivity index (χ3n) is 4.65. The van der Waals surface area contributed by atoms with Crippen molar-refractivity contribution in [2.24, 2.45) is 5.41 Å². The molecule has 0 bridgehead atoms. The summed E-state index contributed by atoms with van der Waals surface area (Å²) in [7, 11) is 0. The highest BCUT2D eigenvalue weighted by molar-refractivity contribution is 5.09. The van der Waals surface area contributed by atoms with Crippen molar-refractivity contribution >= 4 is 0 Å². The fraction of sp³-hybridized carbons (Fsp3) is 1.00. The van der Waals surface area contributed by atoms with E-state index in [-0.39, 0.29) is 0 Å². The van der Waals surface area contributed by atoms with Gasteiger partial charge < -0.3 is 4.74 Å². The van der Waals surface area contributed by atoms with E-state index in [1.807, 2.05) is 0 Å². The van der Waals surface area contributed by atoms with Crippen LogP contribution in [0.4, 0.5) is 0 Å². The van der Waals surface area contributed by atoms with Crippen LogP contribution in [0.2, 0.25) is 0 Å². The molecule has 1 aliphatic heterocycles. The van der Waals surface area contributed by atoms with Crippen LogP contribution in [0, 0.1) is 5.41 Å². The Morgan fingerprint density at radius 2 is 1.50 bits per heavy atom. The molecule has 1 saturated heterocycles. The Labute approximate surface area is 74.5 Å². The Morgan fingerprint density at radius 1 is 0.750 bits per heavy atom. The highest BCUT2D eigenvalue weighted by Gasteiger charge is 2.59. The normalized spacial score (nSPS) is 52.0. The summed E-state index contributed by atoms with van der Waals surface area (Å²) in [5, 5.41) is 0. The minimum Gasteiger partial charge on any atom is -0.374 e. The molecule has 0 aromatic heterocycles. The number of hydrogen-bond donors (Lipinski definition) is 0. The van der Waals surface area contributed by atoms with Crippen molar-refractivity contribution in [3.63, 3.8) is 0 Å². The van der Waals surface area contributed by atoms with Gasteiger partial charge in [0.2, 0.25) is 0 Å². The standard InChI is InChI=1S/C11H18O/c1-2-6-11-7-3-5-10(11,4-1)8-9-12-11/h1-9H2. The Hall–Kier alpha value is -0.0400. The van der Waals surface area contributed by atoms with Crippen LogP contribution in [-0.4, -0.2) is 12.2 Å². The van der Waals surface area contributed by atoms with Crippen molar-refractivity contribution in [2.75, 3.05) is 6.61 Å². The molecule has 12 heavy (non-hydrogen) atoms. The van der Waals surface area contributed by atoms with Gasteiger partial charge in [0, 0.05) is 12.0 Å². The molecule has 0 spiro atoms. The van der Waals surface area contributed by atoms with Gasteiger partial charge in [-0.05, 0) is 38.5 Å². The van der Waals surface area contributed by atoms with Gasteiger partial charge in [-0.1, -0.05) is 12.8 Å². The van der Waals surface area contributed by atoms with E-state index in [0.717, 1.165) is 6.61 Å². The second-order valence-corrected chi connectivity index (χ2v) is 4.93. The van der Waals surface area contributed by atoms with Gasteiger partial charge in [-0.15, -0.1) is 0 Å². The van der Waals surface area contributed by atoms with Gasteiger partial charge in [0.1, 0.15) is 0 Å². The van der Waals surface area contributed by atoms with Crippen LogP contribution in [0.15, 0.2) is 0 Å². The SMILES string of the molecule is C1CCC23CCCC2(C1)CCO3. The second kappa shape index (κ2) is 2.25. The van der Waals surface area contributed by atoms with Crippen molar-refractivity contribution < 1.29 is 4.74 Å². The van der Waals surface area contributed by atoms with E-state index in [2.05, 4.69) is 0 Å². The molecule has 0 aromatic carbocycles. The lowest BCUT2D eigenvalue weighted by Crippen LogP contribution is -2.42. The summed E-state index contributed by atoms with van der Waals surface area (Å²) in [6, 6.07) is 0. The zero-order valence-electron chi connectivity index (χ0n) is 7.77. The molecule has 2 atom stereocenters. The smallest absolute Gasteiger partial charge is 0.0739 e. The number of hydrogen-bond acceptors (Lipinski definition) is 1. The van der Waals surface area contributed by atoms with Gasteiger partial charge in [0.15, 0.2) is 0 Å². The number of ether oxygens (including phenoxy) is 1.